The summed E-state index contributed by atoms with van der Waals surface area (Å²) in [4.78, 5) is 4.03. The van der Waals surface area contributed by atoms with Gasteiger partial charge < -0.3 is 10.3 Å². The highest BCUT2D eigenvalue weighted by Gasteiger charge is 2.14. The first-order valence-corrected chi connectivity index (χ1v) is 6.60. The number of nitrogens with two attached hydrogens (primary N) is 1. The van der Waals surface area contributed by atoms with Gasteiger partial charge in [-0.2, -0.15) is 4.98 Å². The molecule has 7 nitrogen and oxygen atoms in total. The predicted molar refractivity (Wildman–Crippen MR) is 63.9 cm³/mol. The lowest BCUT2D eigenvalue weighted by atomic mass is 10.3. The molecule has 0 atom stereocenters. The third-order valence-corrected chi connectivity index (χ3v) is 3.60. The number of hydrogen-bond donors (Lipinski definition) is 2. The van der Waals surface area contributed by atoms with E-state index in [0.29, 0.717) is 11.6 Å². The quantitative estimate of drug-likeness (QED) is 0.778. The zero-order valence-electron chi connectivity index (χ0n) is 9.62. The summed E-state index contributed by atoms with van der Waals surface area (Å²) in [5, 5.41) is 3.59. The second kappa shape index (κ2) is 4.75. The Morgan fingerprint density at radius 3 is 2.56 bits per heavy atom. The maximum atomic E-state index is 11.9. The number of nitrogens with zero attached hydrogens (tertiary/aromatic N) is 2. The lowest BCUT2D eigenvalue weighted by molar-refractivity contribution is 0.387. The molecule has 2 aromatic rings. The Hall–Kier alpha value is -1.93. The molecule has 8 heteroatoms. The van der Waals surface area contributed by atoms with Gasteiger partial charge in [0.15, 0.2) is 5.82 Å². The third-order valence-electron chi connectivity index (χ3n) is 2.18. The van der Waals surface area contributed by atoms with Crippen molar-refractivity contribution >= 4 is 15.7 Å². The number of benzene rings is 1. The maximum absolute atomic E-state index is 11.9. The molecule has 0 saturated carbocycles. The van der Waals surface area contributed by atoms with Gasteiger partial charge in [0, 0.05) is 12.6 Å². The van der Waals surface area contributed by atoms with Crippen LogP contribution in [0.5, 0.6) is 0 Å². The number of hydrogen-bond acceptors (Lipinski definition) is 6. The van der Waals surface area contributed by atoms with Crippen LogP contribution in [0.3, 0.4) is 0 Å². The van der Waals surface area contributed by atoms with E-state index in [0.717, 1.165) is 0 Å². The second-order valence-corrected chi connectivity index (χ2v) is 5.39. The Kier molecular flexibility index (Phi) is 3.30. The number of aromatic nitrogens is 2. The largest absolute Gasteiger partial charge is 0.399 e. The molecular formula is C10H12N4O3S. The van der Waals surface area contributed by atoms with Gasteiger partial charge in [0.25, 0.3) is 0 Å². The average Bonchev–Trinajstić information content (AvgIpc) is 2.73. The molecule has 0 bridgehead atoms. The van der Waals surface area contributed by atoms with Crippen molar-refractivity contribution in [2.24, 2.45) is 0 Å². The Bertz CT molecular complexity index is 633. The van der Waals surface area contributed by atoms with Crippen LogP contribution in [0, 0.1) is 6.92 Å². The summed E-state index contributed by atoms with van der Waals surface area (Å²) in [7, 11) is -3.59. The molecule has 0 spiro atoms. The zero-order valence-corrected chi connectivity index (χ0v) is 10.4. The minimum absolute atomic E-state index is 0.0238. The Labute approximate surface area is 104 Å². The van der Waals surface area contributed by atoms with E-state index in [4.69, 9.17) is 10.3 Å². The first-order chi connectivity index (χ1) is 8.47. The molecule has 0 aliphatic carbocycles. The van der Waals surface area contributed by atoms with Gasteiger partial charge in [-0.1, -0.05) is 5.16 Å². The fourth-order valence-corrected chi connectivity index (χ4v) is 2.28. The van der Waals surface area contributed by atoms with Gasteiger partial charge in [-0.25, -0.2) is 13.1 Å². The van der Waals surface area contributed by atoms with Crippen LogP contribution in [0.4, 0.5) is 5.69 Å². The van der Waals surface area contributed by atoms with Crippen molar-refractivity contribution in [1.29, 1.82) is 0 Å². The minimum Gasteiger partial charge on any atom is -0.399 e. The van der Waals surface area contributed by atoms with Crippen molar-refractivity contribution < 1.29 is 12.9 Å². The van der Waals surface area contributed by atoms with E-state index >= 15 is 0 Å². The monoisotopic (exact) mass is 268 g/mol. The number of sulfonamides is 1. The second-order valence-electron chi connectivity index (χ2n) is 3.62. The first-order valence-electron chi connectivity index (χ1n) is 5.12. The van der Waals surface area contributed by atoms with Crippen molar-refractivity contribution in [1.82, 2.24) is 14.9 Å². The minimum atomic E-state index is -3.59. The maximum Gasteiger partial charge on any atom is 0.240 e. The van der Waals surface area contributed by atoms with Crippen LogP contribution in [0.15, 0.2) is 33.7 Å². The lowest BCUT2D eigenvalue weighted by Crippen LogP contribution is -2.23. The van der Waals surface area contributed by atoms with E-state index in [2.05, 4.69) is 14.9 Å². The highest BCUT2D eigenvalue weighted by molar-refractivity contribution is 7.89. The summed E-state index contributed by atoms with van der Waals surface area (Å²) < 4.78 is 30.9. The number of aryl methyl sites for hydroxylation is 1. The summed E-state index contributed by atoms with van der Waals surface area (Å²) in [5.41, 5.74) is 5.99. The number of nitrogens with one attached hydrogen (secondary N) is 1. The fraction of sp³-hybridized carbons (Fsp3) is 0.200. The predicted octanol–water partition coefficient (Wildman–Crippen LogP) is 0.439. The number of rotatable bonds is 4. The first kappa shape index (κ1) is 12.5. The molecule has 0 radical (unpaired) electrons. The molecule has 0 amide bonds. The average molecular weight is 268 g/mol. The smallest absolute Gasteiger partial charge is 0.240 e. The number of nitrogen functional groups attached to an aromatic ring is 1. The van der Waals surface area contributed by atoms with Crippen molar-refractivity contribution in [3.63, 3.8) is 0 Å². The summed E-state index contributed by atoms with van der Waals surface area (Å²) in [6.45, 7) is 1.61. The molecule has 18 heavy (non-hydrogen) atoms. The van der Waals surface area contributed by atoms with E-state index in [1.165, 1.54) is 24.3 Å². The van der Waals surface area contributed by atoms with Gasteiger partial charge in [0.1, 0.15) is 0 Å². The zero-order chi connectivity index (χ0) is 13.2. The molecule has 1 aromatic heterocycles. The van der Waals surface area contributed by atoms with Gasteiger partial charge >= 0.3 is 0 Å². The molecule has 2 rings (SSSR count). The van der Waals surface area contributed by atoms with Crippen LogP contribution in [0.2, 0.25) is 0 Å². The Balaban J connectivity index is 2.10. The number of anilines is 1. The van der Waals surface area contributed by atoms with Gasteiger partial charge in [-0.3, -0.25) is 0 Å². The van der Waals surface area contributed by atoms with E-state index < -0.39 is 10.0 Å². The third kappa shape index (κ3) is 2.84. The van der Waals surface area contributed by atoms with E-state index in [-0.39, 0.29) is 17.3 Å². The Morgan fingerprint density at radius 1 is 1.33 bits per heavy atom. The van der Waals surface area contributed by atoms with Crippen LogP contribution in [-0.2, 0) is 16.6 Å². The molecule has 3 N–H and O–H groups in total. The van der Waals surface area contributed by atoms with Crippen molar-refractivity contribution in [2.75, 3.05) is 5.73 Å². The highest BCUT2D eigenvalue weighted by Crippen LogP contribution is 2.11. The molecule has 1 aromatic carbocycles. The van der Waals surface area contributed by atoms with Gasteiger partial charge in [0.05, 0.1) is 11.4 Å². The highest BCUT2D eigenvalue weighted by atomic mass is 32.2. The fourth-order valence-electron chi connectivity index (χ4n) is 1.30. The van der Waals surface area contributed by atoms with Crippen LogP contribution in [0.25, 0.3) is 0 Å². The molecule has 0 unspecified atom stereocenters. The Morgan fingerprint density at radius 2 is 2.00 bits per heavy atom. The molecular weight excluding hydrogens is 256 g/mol. The van der Waals surface area contributed by atoms with Crippen molar-refractivity contribution in [3.8, 4) is 0 Å². The van der Waals surface area contributed by atoms with Crippen LogP contribution in [0.1, 0.15) is 11.7 Å². The summed E-state index contributed by atoms with van der Waals surface area (Å²) in [6, 6.07) is 5.90. The van der Waals surface area contributed by atoms with E-state index in [9.17, 15) is 8.42 Å². The van der Waals surface area contributed by atoms with E-state index in [1.54, 1.807) is 6.92 Å². The molecule has 0 saturated heterocycles. The van der Waals surface area contributed by atoms with Crippen molar-refractivity contribution in [3.05, 3.63) is 36.0 Å². The standard InChI is InChI=1S/C10H12N4O3S/c1-7-13-10(14-17-7)6-12-18(15,16)9-4-2-8(11)3-5-9/h2-5,12H,6,11H2,1H3. The van der Waals surface area contributed by atoms with Gasteiger partial charge in [-0.05, 0) is 24.3 Å². The normalized spacial score (nSPS) is 11.6. The van der Waals surface area contributed by atoms with Crippen molar-refractivity contribution in [2.45, 2.75) is 18.4 Å². The van der Waals surface area contributed by atoms with Crippen LogP contribution < -0.4 is 10.5 Å². The molecule has 0 aliphatic rings. The van der Waals surface area contributed by atoms with Crippen LogP contribution in [-0.4, -0.2) is 18.6 Å². The van der Waals surface area contributed by atoms with Crippen LogP contribution >= 0.6 is 0 Å². The summed E-state index contributed by atoms with van der Waals surface area (Å²) in [6.07, 6.45) is 0. The molecule has 0 aliphatic heterocycles. The SMILES string of the molecule is Cc1nc(CNS(=O)(=O)c2ccc(N)cc2)no1. The van der Waals surface area contributed by atoms with Gasteiger partial charge in [-0.15, -0.1) is 0 Å². The lowest BCUT2D eigenvalue weighted by Gasteiger charge is -2.04. The molecule has 0 fully saturated rings. The van der Waals surface area contributed by atoms with E-state index in [1.807, 2.05) is 0 Å². The molecule has 96 valence electrons. The summed E-state index contributed by atoms with van der Waals surface area (Å²) in [5.74, 6) is 0.670. The topological polar surface area (TPSA) is 111 Å². The van der Waals surface area contributed by atoms with Gasteiger partial charge in [0.2, 0.25) is 15.9 Å². The summed E-state index contributed by atoms with van der Waals surface area (Å²) >= 11 is 0. The molecule has 1 heterocycles.